The number of rotatable bonds is 3. The highest BCUT2D eigenvalue weighted by molar-refractivity contribution is 5.77. The summed E-state index contributed by atoms with van der Waals surface area (Å²) in [5, 5.41) is 2.25. The number of alkyl halides is 6. The molecule has 2 unspecified atom stereocenters. The summed E-state index contributed by atoms with van der Waals surface area (Å²) in [5.41, 5.74) is 5.01. The minimum absolute atomic E-state index is 0.213. The molecule has 0 aliphatic heterocycles. The molecule has 1 aliphatic rings. The van der Waals surface area contributed by atoms with Crippen LogP contribution in [0.2, 0.25) is 0 Å². The minimum atomic E-state index is -4.65. The van der Waals surface area contributed by atoms with Gasteiger partial charge in [0.2, 0.25) is 5.91 Å². The van der Waals surface area contributed by atoms with Gasteiger partial charge in [0.1, 0.15) is 0 Å². The lowest BCUT2D eigenvalue weighted by Crippen LogP contribution is -2.42. The molecule has 0 spiro atoms. The molecule has 2 atom stereocenters. The number of carbonyl (C=O) groups excluding carboxylic acids is 1. The number of amides is 1. The van der Waals surface area contributed by atoms with Crippen LogP contribution in [0.1, 0.15) is 19.3 Å². The van der Waals surface area contributed by atoms with E-state index >= 15 is 0 Å². The van der Waals surface area contributed by atoms with Gasteiger partial charge in [-0.2, -0.15) is 26.3 Å². The molecule has 3 N–H and O–H groups in total. The van der Waals surface area contributed by atoms with Crippen LogP contribution in [-0.2, 0) is 4.79 Å². The molecule has 0 aromatic rings. The summed E-state index contributed by atoms with van der Waals surface area (Å²) in [5.74, 6) is -5.41. The first-order chi connectivity index (χ1) is 9.04. The molecule has 1 amide bonds. The maximum atomic E-state index is 12.7. The number of carbonyl (C=O) groups is 1. The Hall–Kier alpha value is -0.990. The van der Waals surface area contributed by atoms with Crippen LogP contribution in [0.15, 0.2) is 0 Å². The van der Waals surface area contributed by atoms with Gasteiger partial charge in [-0.1, -0.05) is 0 Å². The third-order valence-corrected chi connectivity index (χ3v) is 3.50. The summed E-state index contributed by atoms with van der Waals surface area (Å²) in [6.45, 7) is -0.562. The Bertz CT molecular complexity index is 319. The van der Waals surface area contributed by atoms with E-state index < -0.39 is 55.3 Å². The average molecular weight is 306 g/mol. The lowest BCUT2D eigenvalue weighted by Gasteiger charge is -2.36. The normalized spacial score (nSPS) is 28.2. The van der Waals surface area contributed by atoms with Gasteiger partial charge in [-0.25, -0.2) is 0 Å². The van der Waals surface area contributed by atoms with Crippen LogP contribution in [-0.4, -0.2) is 31.3 Å². The van der Waals surface area contributed by atoms with Gasteiger partial charge >= 0.3 is 12.4 Å². The van der Waals surface area contributed by atoms with Crippen LogP contribution in [0.25, 0.3) is 0 Å². The first-order valence-corrected chi connectivity index (χ1v) is 6.14. The Balaban J connectivity index is 2.72. The van der Waals surface area contributed by atoms with Crippen molar-refractivity contribution in [2.75, 3.05) is 13.1 Å². The summed E-state index contributed by atoms with van der Waals surface area (Å²) >= 11 is 0. The van der Waals surface area contributed by atoms with E-state index in [4.69, 9.17) is 5.73 Å². The van der Waals surface area contributed by atoms with Crippen molar-refractivity contribution in [3.05, 3.63) is 0 Å². The largest absolute Gasteiger partial charge is 0.391 e. The van der Waals surface area contributed by atoms with Crippen LogP contribution < -0.4 is 11.1 Å². The predicted molar refractivity (Wildman–Crippen MR) is 58.5 cm³/mol. The molecule has 0 aromatic carbocycles. The van der Waals surface area contributed by atoms with E-state index in [9.17, 15) is 31.1 Å². The Morgan fingerprint density at radius 2 is 1.45 bits per heavy atom. The average Bonchev–Trinajstić information content (AvgIpc) is 2.33. The second-order valence-electron chi connectivity index (χ2n) is 5.06. The van der Waals surface area contributed by atoms with Crippen LogP contribution in [0.3, 0.4) is 0 Å². The Labute approximate surface area is 111 Å². The molecule has 118 valence electrons. The summed E-state index contributed by atoms with van der Waals surface area (Å²) in [4.78, 5) is 10.9. The Kier molecular flexibility index (Phi) is 5.28. The molecule has 0 bridgehead atoms. The summed E-state index contributed by atoms with van der Waals surface area (Å²) < 4.78 is 76.0. The Morgan fingerprint density at radius 3 is 1.80 bits per heavy atom. The molecule has 0 heterocycles. The first kappa shape index (κ1) is 17.1. The number of hydrogen-bond acceptors (Lipinski definition) is 2. The van der Waals surface area contributed by atoms with E-state index in [2.05, 4.69) is 5.32 Å². The van der Waals surface area contributed by atoms with Crippen molar-refractivity contribution in [1.29, 1.82) is 0 Å². The van der Waals surface area contributed by atoms with E-state index in [1.165, 1.54) is 0 Å². The standard InChI is InChI=1S/C11H16F6N2O/c12-10(13,14)7-1-6(5-19-9(20)4-18)2-8(3-7)11(15,16)17/h6-8H,1-5,18H2,(H,19,20). The van der Waals surface area contributed by atoms with Crippen LogP contribution in [0.4, 0.5) is 26.3 Å². The SMILES string of the molecule is NCC(=O)NCC1CC(C(F)(F)F)CC(C(F)(F)F)C1. The van der Waals surface area contributed by atoms with Crippen molar-refractivity contribution in [3.63, 3.8) is 0 Å². The van der Waals surface area contributed by atoms with Crippen LogP contribution in [0, 0.1) is 17.8 Å². The van der Waals surface area contributed by atoms with Crippen molar-refractivity contribution in [2.45, 2.75) is 31.6 Å². The highest BCUT2D eigenvalue weighted by Gasteiger charge is 2.51. The second-order valence-corrected chi connectivity index (χ2v) is 5.06. The molecule has 1 saturated carbocycles. The topological polar surface area (TPSA) is 55.1 Å². The van der Waals surface area contributed by atoms with E-state index in [0.717, 1.165) is 0 Å². The molecular weight excluding hydrogens is 290 g/mol. The van der Waals surface area contributed by atoms with Gasteiger partial charge in [-0.3, -0.25) is 4.79 Å². The molecule has 3 nitrogen and oxygen atoms in total. The molecule has 0 saturated heterocycles. The molecule has 1 fully saturated rings. The first-order valence-electron chi connectivity index (χ1n) is 6.14. The zero-order valence-electron chi connectivity index (χ0n) is 10.5. The van der Waals surface area contributed by atoms with Gasteiger partial charge < -0.3 is 11.1 Å². The van der Waals surface area contributed by atoms with Gasteiger partial charge in [0.05, 0.1) is 18.4 Å². The fourth-order valence-corrected chi connectivity index (χ4v) is 2.47. The number of halogens is 6. The van der Waals surface area contributed by atoms with Crippen LogP contribution >= 0.6 is 0 Å². The second kappa shape index (κ2) is 6.19. The fourth-order valence-electron chi connectivity index (χ4n) is 2.47. The summed E-state index contributed by atoms with van der Waals surface area (Å²) in [7, 11) is 0. The molecular formula is C11H16F6N2O. The van der Waals surface area contributed by atoms with Gasteiger partial charge in [-0.05, 0) is 25.2 Å². The molecule has 20 heavy (non-hydrogen) atoms. The van der Waals surface area contributed by atoms with E-state index in [0.29, 0.717) is 0 Å². The zero-order valence-corrected chi connectivity index (χ0v) is 10.5. The smallest absolute Gasteiger partial charge is 0.355 e. The number of nitrogens with one attached hydrogen (secondary N) is 1. The number of nitrogens with two attached hydrogens (primary N) is 1. The molecule has 0 radical (unpaired) electrons. The third-order valence-electron chi connectivity index (χ3n) is 3.50. The number of hydrogen-bond donors (Lipinski definition) is 2. The highest BCUT2D eigenvalue weighted by Crippen LogP contribution is 2.47. The molecule has 0 aromatic heterocycles. The lowest BCUT2D eigenvalue weighted by molar-refractivity contribution is -0.228. The molecule has 1 rings (SSSR count). The quantitative estimate of drug-likeness (QED) is 0.786. The van der Waals surface area contributed by atoms with Gasteiger partial charge in [0.25, 0.3) is 0 Å². The summed E-state index contributed by atoms with van der Waals surface area (Å²) in [6.07, 6.45) is -11.0. The maximum absolute atomic E-state index is 12.7. The van der Waals surface area contributed by atoms with E-state index in [1.807, 2.05) is 0 Å². The molecule has 9 heteroatoms. The van der Waals surface area contributed by atoms with Crippen molar-refractivity contribution >= 4 is 5.91 Å². The van der Waals surface area contributed by atoms with Gasteiger partial charge in [0.15, 0.2) is 0 Å². The summed E-state index contributed by atoms with van der Waals surface area (Å²) in [6, 6.07) is 0. The van der Waals surface area contributed by atoms with E-state index in [1.54, 1.807) is 0 Å². The minimum Gasteiger partial charge on any atom is -0.355 e. The van der Waals surface area contributed by atoms with Crippen molar-refractivity contribution in [2.24, 2.45) is 23.5 Å². The van der Waals surface area contributed by atoms with Crippen LogP contribution in [0.5, 0.6) is 0 Å². The van der Waals surface area contributed by atoms with E-state index in [-0.39, 0.29) is 13.1 Å². The van der Waals surface area contributed by atoms with Crippen molar-refractivity contribution in [1.82, 2.24) is 5.32 Å². The maximum Gasteiger partial charge on any atom is 0.391 e. The lowest BCUT2D eigenvalue weighted by atomic mass is 9.74. The molecule has 1 aliphatic carbocycles. The Morgan fingerprint density at radius 1 is 1.00 bits per heavy atom. The van der Waals surface area contributed by atoms with Gasteiger partial charge in [0, 0.05) is 6.54 Å². The fraction of sp³-hybridized carbons (Fsp3) is 0.909. The van der Waals surface area contributed by atoms with Crippen molar-refractivity contribution in [3.8, 4) is 0 Å². The predicted octanol–water partition coefficient (Wildman–Crippen LogP) is 2.22. The highest BCUT2D eigenvalue weighted by atomic mass is 19.4. The van der Waals surface area contributed by atoms with Gasteiger partial charge in [-0.15, -0.1) is 0 Å². The zero-order chi connectivity index (χ0) is 15.6. The monoisotopic (exact) mass is 306 g/mol. The van der Waals surface area contributed by atoms with Crippen molar-refractivity contribution < 1.29 is 31.1 Å². The third kappa shape index (κ3) is 4.84.